The van der Waals surface area contributed by atoms with Crippen molar-refractivity contribution >= 4 is 0 Å². The van der Waals surface area contributed by atoms with E-state index in [9.17, 15) is 4.39 Å². The minimum absolute atomic E-state index is 0.209. The van der Waals surface area contributed by atoms with Crippen LogP contribution in [0.3, 0.4) is 0 Å². The van der Waals surface area contributed by atoms with Crippen LogP contribution >= 0.6 is 0 Å². The van der Waals surface area contributed by atoms with Crippen LogP contribution < -0.4 is 0 Å². The predicted molar refractivity (Wildman–Crippen MR) is 66.8 cm³/mol. The molecule has 0 saturated carbocycles. The molecule has 3 heteroatoms. The molecule has 0 aromatic heterocycles. The lowest BCUT2D eigenvalue weighted by atomic mass is 10.2. The second kappa shape index (κ2) is 7.83. The minimum Gasteiger partial charge on any atom is -0.396 e. The SMILES string of the molecule is C#CCN(CCCCO)Cc1ccc(F)cc1. The fourth-order valence-electron chi connectivity index (χ4n) is 1.64. The van der Waals surface area contributed by atoms with Gasteiger partial charge in [0.2, 0.25) is 0 Å². The van der Waals surface area contributed by atoms with Crippen LogP contribution in [0.25, 0.3) is 0 Å². The molecule has 92 valence electrons. The molecule has 0 radical (unpaired) electrons. The van der Waals surface area contributed by atoms with Gasteiger partial charge in [-0.2, -0.15) is 0 Å². The van der Waals surface area contributed by atoms with Crippen LogP contribution in [0, 0.1) is 18.2 Å². The van der Waals surface area contributed by atoms with Crippen molar-refractivity contribution in [2.24, 2.45) is 0 Å². The van der Waals surface area contributed by atoms with Crippen molar-refractivity contribution in [3.8, 4) is 12.3 Å². The smallest absolute Gasteiger partial charge is 0.123 e. The number of hydrogen-bond donors (Lipinski definition) is 1. The number of hydrogen-bond acceptors (Lipinski definition) is 2. The van der Waals surface area contributed by atoms with Crippen LogP contribution in [0.5, 0.6) is 0 Å². The number of aliphatic hydroxyl groups is 1. The van der Waals surface area contributed by atoms with E-state index < -0.39 is 0 Å². The molecule has 1 rings (SSSR count). The number of benzene rings is 1. The zero-order valence-electron chi connectivity index (χ0n) is 9.90. The molecule has 0 fully saturated rings. The van der Waals surface area contributed by atoms with Crippen molar-refractivity contribution in [3.63, 3.8) is 0 Å². The van der Waals surface area contributed by atoms with Crippen LogP contribution in [0.2, 0.25) is 0 Å². The molecule has 2 nitrogen and oxygen atoms in total. The Morgan fingerprint density at radius 3 is 2.53 bits per heavy atom. The number of aliphatic hydroxyl groups excluding tert-OH is 1. The molecular weight excluding hydrogens is 217 g/mol. The monoisotopic (exact) mass is 235 g/mol. The molecule has 0 spiro atoms. The lowest BCUT2D eigenvalue weighted by Crippen LogP contribution is -2.25. The Labute approximate surface area is 102 Å². The third-order valence-electron chi connectivity index (χ3n) is 2.52. The van der Waals surface area contributed by atoms with Crippen molar-refractivity contribution in [2.45, 2.75) is 19.4 Å². The number of unbranched alkanes of at least 4 members (excludes halogenated alkanes) is 1. The molecule has 0 amide bonds. The minimum atomic E-state index is -0.225. The topological polar surface area (TPSA) is 23.5 Å². The highest BCUT2D eigenvalue weighted by molar-refractivity contribution is 5.16. The van der Waals surface area contributed by atoms with E-state index in [-0.39, 0.29) is 12.4 Å². The summed E-state index contributed by atoms with van der Waals surface area (Å²) in [5.41, 5.74) is 1.05. The summed E-state index contributed by atoms with van der Waals surface area (Å²) in [7, 11) is 0. The Balaban J connectivity index is 2.48. The van der Waals surface area contributed by atoms with Crippen LogP contribution in [0.15, 0.2) is 24.3 Å². The number of nitrogens with zero attached hydrogens (tertiary/aromatic N) is 1. The fraction of sp³-hybridized carbons (Fsp3) is 0.429. The van der Waals surface area contributed by atoms with E-state index in [4.69, 9.17) is 11.5 Å². The van der Waals surface area contributed by atoms with E-state index in [2.05, 4.69) is 10.8 Å². The van der Waals surface area contributed by atoms with Crippen molar-refractivity contribution in [1.82, 2.24) is 4.90 Å². The molecule has 1 N–H and O–H groups in total. The van der Waals surface area contributed by atoms with E-state index in [1.807, 2.05) is 0 Å². The van der Waals surface area contributed by atoms with Gasteiger partial charge >= 0.3 is 0 Å². The Morgan fingerprint density at radius 1 is 1.24 bits per heavy atom. The van der Waals surface area contributed by atoms with Crippen LogP contribution in [-0.2, 0) is 6.54 Å². The molecule has 1 aromatic carbocycles. The molecule has 0 unspecified atom stereocenters. The van der Waals surface area contributed by atoms with Gasteiger partial charge in [-0.25, -0.2) is 4.39 Å². The summed E-state index contributed by atoms with van der Waals surface area (Å²) in [6.45, 7) is 2.35. The first-order chi connectivity index (χ1) is 8.26. The standard InChI is InChI=1S/C14H18FNO/c1-2-9-16(10-3-4-11-17)12-13-5-7-14(15)8-6-13/h1,5-8,17H,3-4,9-12H2. The Kier molecular flexibility index (Phi) is 6.31. The summed E-state index contributed by atoms with van der Waals surface area (Å²) in [6.07, 6.45) is 7.01. The van der Waals surface area contributed by atoms with Crippen LogP contribution in [0.1, 0.15) is 18.4 Å². The Hall–Kier alpha value is -1.37. The second-order valence-electron chi connectivity index (χ2n) is 3.97. The first kappa shape index (κ1) is 13.7. The van der Waals surface area contributed by atoms with E-state index in [0.29, 0.717) is 6.54 Å². The molecule has 0 heterocycles. The van der Waals surface area contributed by atoms with Gasteiger partial charge in [-0.15, -0.1) is 6.42 Å². The lowest BCUT2D eigenvalue weighted by molar-refractivity contribution is 0.252. The van der Waals surface area contributed by atoms with E-state index in [1.165, 1.54) is 12.1 Å². The van der Waals surface area contributed by atoms with Crippen LogP contribution in [-0.4, -0.2) is 29.7 Å². The molecule has 0 aliphatic heterocycles. The third kappa shape index (κ3) is 5.48. The molecule has 0 saturated heterocycles. The van der Waals surface area contributed by atoms with Gasteiger partial charge in [0.15, 0.2) is 0 Å². The van der Waals surface area contributed by atoms with Crippen molar-refractivity contribution in [3.05, 3.63) is 35.6 Å². The van der Waals surface area contributed by atoms with Crippen molar-refractivity contribution in [1.29, 1.82) is 0 Å². The zero-order valence-corrected chi connectivity index (χ0v) is 9.90. The third-order valence-corrected chi connectivity index (χ3v) is 2.52. The zero-order chi connectivity index (χ0) is 12.5. The highest BCUT2D eigenvalue weighted by atomic mass is 19.1. The molecule has 0 bridgehead atoms. The van der Waals surface area contributed by atoms with Gasteiger partial charge in [0.25, 0.3) is 0 Å². The molecule has 0 atom stereocenters. The molecule has 0 aliphatic rings. The molecule has 17 heavy (non-hydrogen) atoms. The largest absolute Gasteiger partial charge is 0.396 e. The first-order valence-electron chi connectivity index (χ1n) is 5.77. The molecular formula is C14H18FNO. The van der Waals surface area contributed by atoms with Gasteiger partial charge < -0.3 is 5.11 Å². The highest BCUT2D eigenvalue weighted by Gasteiger charge is 2.04. The van der Waals surface area contributed by atoms with E-state index in [1.54, 1.807) is 12.1 Å². The van der Waals surface area contributed by atoms with Gasteiger partial charge in [-0.05, 0) is 37.1 Å². The quantitative estimate of drug-likeness (QED) is 0.577. The fourth-order valence-corrected chi connectivity index (χ4v) is 1.64. The predicted octanol–water partition coefficient (Wildman–Crippen LogP) is 2.03. The van der Waals surface area contributed by atoms with Crippen LogP contribution in [0.4, 0.5) is 4.39 Å². The summed E-state index contributed by atoms with van der Waals surface area (Å²) >= 11 is 0. The van der Waals surface area contributed by atoms with Gasteiger partial charge in [0, 0.05) is 13.2 Å². The maximum atomic E-state index is 12.7. The van der Waals surface area contributed by atoms with Gasteiger partial charge in [-0.1, -0.05) is 18.1 Å². The van der Waals surface area contributed by atoms with Gasteiger partial charge in [-0.3, -0.25) is 4.90 Å². The molecule has 0 aliphatic carbocycles. The summed E-state index contributed by atoms with van der Waals surface area (Å²) in [4.78, 5) is 2.11. The number of terminal acetylenes is 1. The van der Waals surface area contributed by atoms with Gasteiger partial charge in [0.1, 0.15) is 5.82 Å². The Morgan fingerprint density at radius 2 is 1.94 bits per heavy atom. The normalized spacial score (nSPS) is 10.5. The maximum Gasteiger partial charge on any atom is 0.123 e. The summed E-state index contributed by atoms with van der Waals surface area (Å²) in [5, 5.41) is 8.73. The highest BCUT2D eigenvalue weighted by Crippen LogP contribution is 2.07. The van der Waals surface area contributed by atoms with E-state index >= 15 is 0 Å². The Bertz CT molecular complexity index is 355. The van der Waals surface area contributed by atoms with Gasteiger partial charge in [0.05, 0.1) is 6.54 Å². The lowest BCUT2D eigenvalue weighted by Gasteiger charge is -2.19. The second-order valence-corrected chi connectivity index (χ2v) is 3.97. The number of halogens is 1. The molecule has 1 aromatic rings. The van der Waals surface area contributed by atoms with Crippen molar-refractivity contribution in [2.75, 3.05) is 19.7 Å². The summed E-state index contributed by atoms with van der Waals surface area (Å²) in [5.74, 6) is 2.39. The average Bonchev–Trinajstić information content (AvgIpc) is 2.32. The summed E-state index contributed by atoms with van der Waals surface area (Å²) < 4.78 is 12.7. The van der Waals surface area contributed by atoms with E-state index in [0.717, 1.165) is 31.5 Å². The summed E-state index contributed by atoms with van der Waals surface area (Å²) in [6, 6.07) is 6.45. The first-order valence-corrected chi connectivity index (χ1v) is 5.77. The number of rotatable bonds is 7. The maximum absolute atomic E-state index is 12.7. The van der Waals surface area contributed by atoms with Crippen molar-refractivity contribution < 1.29 is 9.50 Å². The average molecular weight is 235 g/mol.